The summed E-state index contributed by atoms with van der Waals surface area (Å²) in [6.07, 6.45) is 9.59. The topological polar surface area (TPSA) is 9.23 Å². The SMILES string of the molecule is CC(C)(C)OC(=[Se])CCC1CCCCC1. The van der Waals surface area contributed by atoms with Crippen LogP contribution in [0, 0.1) is 5.92 Å². The predicted octanol–water partition coefficient (Wildman–Crippen LogP) is 3.46. The Morgan fingerprint density at radius 3 is 2.33 bits per heavy atom. The van der Waals surface area contributed by atoms with Crippen LogP contribution in [0.2, 0.25) is 0 Å². The Morgan fingerprint density at radius 1 is 1.20 bits per heavy atom. The molecule has 0 spiro atoms. The first-order chi connectivity index (χ1) is 6.97. The van der Waals surface area contributed by atoms with Gasteiger partial charge >= 0.3 is 102 Å². The van der Waals surface area contributed by atoms with Crippen molar-refractivity contribution in [3.8, 4) is 0 Å². The maximum atomic E-state index is 5.79. The molecule has 0 unspecified atom stereocenters. The van der Waals surface area contributed by atoms with E-state index in [4.69, 9.17) is 4.74 Å². The van der Waals surface area contributed by atoms with E-state index >= 15 is 0 Å². The van der Waals surface area contributed by atoms with Crippen LogP contribution in [0.5, 0.6) is 0 Å². The summed E-state index contributed by atoms with van der Waals surface area (Å²) in [7, 11) is 0. The maximum absolute atomic E-state index is 5.79. The molecule has 1 aliphatic rings. The second-order valence-corrected chi connectivity index (χ2v) is 6.58. The van der Waals surface area contributed by atoms with Crippen LogP contribution in [-0.4, -0.2) is 25.8 Å². The Labute approximate surface area is 102 Å². The average molecular weight is 275 g/mol. The third-order valence-corrected chi connectivity index (χ3v) is 3.50. The van der Waals surface area contributed by atoms with E-state index in [9.17, 15) is 0 Å². The van der Waals surface area contributed by atoms with Crippen molar-refractivity contribution in [1.82, 2.24) is 0 Å². The molecule has 1 fully saturated rings. The third kappa shape index (κ3) is 6.37. The first-order valence-electron chi connectivity index (χ1n) is 6.19. The first-order valence-corrected chi connectivity index (χ1v) is 7.05. The summed E-state index contributed by atoms with van der Waals surface area (Å²) in [6.45, 7) is 6.31. The molecule has 1 aliphatic carbocycles. The number of hydrogen-bond donors (Lipinski definition) is 0. The molecule has 2 heteroatoms. The Bertz CT molecular complexity index is 199. The van der Waals surface area contributed by atoms with E-state index in [0.717, 1.165) is 16.9 Å². The van der Waals surface area contributed by atoms with Gasteiger partial charge in [0.2, 0.25) is 0 Å². The number of rotatable bonds is 4. The Balaban J connectivity index is 2.15. The molecule has 0 saturated heterocycles. The fourth-order valence-electron chi connectivity index (χ4n) is 2.19. The standard InChI is InChI=1S/C13H24OSe/c1-13(2,3)14-12(15)10-9-11-7-5-4-6-8-11/h11H,4-10H2,1-3H3. The van der Waals surface area contributed by atoms with Crippen LogP contribution in [0.1, 0.15) is 65.7 Å². The van der Waals surface area contributed by atoms with Gasteiger partial charge in [0.1, 0.15) is 0 Å². The van der Waals surface area contributed by atoms with Crippen LogP contribution in [0.4, 0.5) is 0 Å². The van der Waals surface area contributed by atoms with Crippen LogP contribution in [-0.2, 0) is 4.74 Å². The summed E-state index contributed by atoms with van der Waals surface area (Å²) in [5.74, 6) is 0.950. The zero-order valence-corrected chi connectivity index (χ0v) is 12.1. The van der Waals surface area contributed by atoms with E-state index in [1.807, 2.05) is 0 Å². The van der Waals surface area contributed by atoms with Crippen molar-refractivity contribution in [2.24, 2.45) is 5.92 Å². The number of hydrogen-bond acceptors (Lipinski definition) is 1. The molecule has 0 radical (unpaired) electrons. The Morgan fingerprint density at radius 2 is 1.80 bits per heavy atom. The fourth-order valence-corrected chi connectivity index (χ4v) is 2.96. The van der Waals surface area contributed by atoms with E-state index < -0.39 is 0 Å². The van der Waals surface area contributed by atoms with Crippen molar-refractivity contribution in [3.05, 3.63) is 0 Å². The van der Waals surface area contributed by atoms with Crippen LogP contribution in [0.15, 0.2) is 0 Å². The van der Waals surface area contributed by atoms with E-state index in [0.29, 0.717) is 0 Å². The van der Waals surface area contributed by atoms with E-state index in [1.165, 1.54) is 38.5 Å². The van der Waals surface area contributed by atoms with Crippen molar-refractivity contribution in [2.75, 3.05) is 0 Å². The predicted molar refractivity (Wildman–Crippen MR) is 67.4 cm³/mol. The van der Waals surface area contributed by atoms with Crippen molar-refractivity contribution < 1.29 is 4.74 Å². The van der Waals surface area contributed by atoms with Gasteiger partial charge in [0.15, 0.2) is 0 Å². The van der Waals surface area contributed by atoms with Gasteiger partial charge in [-0.25, -0.2) is 0 Å². The van der Waals surface area contributed by atoms with Crippen LogP contribution < -0.4 is 0 Å². The molecule has 0 aromatic heterocycles. The summed E-state index contributed by atoms with van der Waals surface area (Å²) in [5, 5.41) is 0. The van der Waals surface area contributed by atoms with E-state index in [2.05, 4.69) is 36.3 Å². The Hall–Kier alpha value is 0.189. The molecule has 0 N–H and O–H groups in total. The zero-order chi connectivity index (χ0) is 11.3. The summed E-state index contributed by atoms with van der Waals surface area (Å²) in [6, 6.07) is 0. The quantitative estimate of drug-likeness (QED) is 0.714. The molecule has 15 heavy (non-hydrogen) atoms. The second kappa shape index (κ2) is 6.06. The van der Waals surface area contributed by atoms with Gasteiger partial charge in [-0.2, -0.15) is 0 Å². The van der Waals surface area contributed by atoms with Gasteiger partial charge in [0.25, 0.3) is 0 Å². The van der Waals surface area contributed by atoms with Gasteiger partial charge in [-0.3, -0.25) is 0 Å². The molecule has 1 nitrogen and oxygen atoms in total. The molecule has 1 saturated carbocycles. The van der Waals surface area contributed by atoms with Gasteiger partial charge in [-0.05, 0) is 0 Å². The van der Waals surface area contributed by atoms with Crippen molar-refractivity contribution in [2.45, 2.75) is 71.3 Å². The van der Waals surface area contributed by atoms with Crippen LogP contribution in [0.3, 0.4) is 0 Å². The number of ether oxygens (including phenoxy) is 1. The van der Waals surface area contributed by atoms with Crippen LogP contribution in [0.25, 0.3) is 0 Å². The molecule has 0 heterocycles. The summed E-state index contributed by atoms with van der Waals surface area (Å²) >= 11 is 3.07. The molecule has 1 rings (SSSR count). The zero-order valence-electron chi connectivity index (χ0n) is 10.3. The van der Waals surface area contributed by atoms with Crippen molar-refractivity contribution in [1.29, 1.82) is 0 Å². The molecular formula is C13H24OSe. The molecule has 0 bridgehead atoms. The minimum absolute atomic E-state index is 0.0485. The second-order valence-electron chi connectivity index (χ2n) is 5.63. The van der Waals surface area contributed by atoms with Crippen molar-refractivity contribution >= 4 is 20.2 Å². The van der Waals surface area contributed by atoms with E-state index in [-0.39, 0.29) is 5.60 Å². The molecule has 0 aromatic rings. The van der Waals surface area contributed by atoms with Gasteiger partial charge in [0.05, 0.1) is 0 Å². The fraction of sp³-hybridized carbons (Fsp3) is 0.923. The van der Waals surface area contributed by atoms with Crippen LogP contribution >= 0.6 is 0 Å². The molecule has 0 atom stereocenters. The van der Waals surface area contributed by atoms with Gasteiger partial charge in [-0.15, -0.1) is 0 Å². The van der Waals surface area contributed by atoms with Gasteiger partial charge in [0, 0.05) is 0 Å². The third-order valence-electron chi connectivity index (χ3n) is 2.90. The summed E-state index contributed by atoms with van der Waals surface area (Å²) < 4.78 is 6.88. The molecular weight excluding hydrogens is 251 g/mol. The Kier molecular flexibility index (Phi) is 5.35. The molecule has 0 aromatic carbocycles. The molecule has 0 amide bonds. The average Bonchev–Trinajstić information content (AvgIpc) is 2.14. The monoisotopic (exact) mass is 276 g/mol. The summed E-state index contributed by atoms with van der Waals surface area (Å²) in [4.78, 5) is 0. The normalized spacial score (nSPS) is 18.9. The minimum atomic E-state index is -0.0485. The molecule has 0 aliphatic heterocycles. The van der Waals surface area contributed by atoms with Gasteiger partial charge < -0.3 is 0 Å². The van der Waals surface area contributed by atoms with Gasteiger partial charge in [-0.1, -0.05) is 0 Å². The van der Waals surface area contributed by atoms with Crippen molar-refractivity contribution in [3.63, 3.8) is 0 Å². The first kappa shape index (κ1) is 13.3. The summed E-state index contributed by atoms with van der Waals surface area (Å²) in [5.41, 5.74) is -0.0485. The molecule has 88 valence electrons. The van der Waals surface area contributed by atoms with E-state index in [1.54, 1.807) is 0 Å².